The Morgan fingerprint density at radius 2 is 1.71 bits per heavy atom. The van der Waals surface area contributed by atoms with Gasteiger partial charge in [0.2, 0.25) is 20.0 Å². The molecule has 0 bridgehead atoms. The molecule has 2 aromatic carbocycles. The number of benzene rings is 2. The third-order valence-electron chi connectivity index (χ3n) is 7.27. The largest absolute Gasteiger partial charge is 0.441 e. The van der Waals surface area contributed by atoms with E-state index in [1.807, 2.05) is 44.2 Å². The van der Waals surface area contributed by atoms with Crippen LogP contribution in [0, 0.1) is 5.41 Å². The smallest absolute Gasteiger partial charge is 0.407 e. The van der Waals surface area contributed by atoms with Gasteiger partial charge in [0.15, 0.2) is 6.10 Å². The molecule has 5 N–H and O–H groups in total. The number of nitrogen functional groups attached to an aromatic ring is 1. The fourth-order valence-corrected chi connectivity index (χ4v) is 7.10. The van der Waals surface area contributed by atoms with E-state index in [0.29, 0.717) is 24.9 Å². The summed E-state index contributed by atoms with van der Waals surface area (Å²) in [5, 5.41) is 14.3. The zero-order valence-corrected chi connectivity index (χ0v) is 27.7. The predicted octanol–water partition coefficient (Wildman–Crippen LogP) is 2.08. The van der Waals surface area contributed by atoms with Crippen LogP contribution in [0.3, 0.4) is 0 Å². The zero-order chi connectivity index (χ0) is 33.1. The number of nitrogens with one attached hydrogen (secondary N) is 2. The van der Waals surface area contributed by atoms with Crippen molar-refractivity contribution in [2.45, 2.75) is 62.7 Å². The number of carbonyl (C=O) groups excluding carboxylic acids is 1. The summed E-state index contributed by atoms with van der Waals surface area (Å²) in [7, 11) is -7.41. The zero-order valence-electron chi connectivity index (χ0n) is 26.1. The average Bonchev–Trinajstić information content (AvgIpc) is 2.97. The number of hydrogen-bond donors (Lipinski definition) is 4. The van der Waals surface area contributed by atoms with Gasteiger partial charge >= 0.3 is 6.09 Å². The lowest BCUT2D eigenvalue weighted by atomic mass is 9.87. The van der Waals surface area contributed by atoms with Gasteiger partial charge in [0.25, 0.3) is 0 Å². The standard InChI is InChI=1S/C30H46N4O9S2/c1-30(2,15-7-8-16-32-44(3,37)38)21-34(45(39,40)26-13-11-24(31)12-14-26)18-28(35)27(17-23-9-5-4-6-10-23)33-29(36)43-25-19-41-22-42-20-25/h4-6,9-14,25,27-28,32,35H,7-8,15-22,31H2,1-3H3,(H,33,36)/t27-,28+/m0/s1. The van der Waals surface area contributed by atoms with Gasteiger partial charge < -0.3 is 30.4 Å². The van der Waals surface area contributed by atoms with E-state index < -0.39 is 49.8 Å². The summed E-state index contributed by atoms with van der Waals surface area (Å²) in [5.74, 6) is 0. The molecule has 1 heterocycles. The van der Waals surface area contributed by atoms with Gasteiger partial charge in [0.1, 0.15) is 6.79 Å². The number of alkyl carbamates (subject to hydrolysis) is 1. The summed E-state index contributed by atoms with van der Waals surface area (Å²) in [6.45, 7) is 4.31. The van der Waals surface area contributed by atoms with Crippen molar-refractivity contribution in [2.75, 3.05) is 51.6 Å². The number of ether oxygens (including phenoxy) is 3. The van der Waals surface area contributed by atoms with E-state index in [1.165, 1.54) is 28.6 Å². The Morgan fingerprint density at radius 1 is 1.07 bits per heavy atom. The van der Waals surface area contributed by atoms with Crippen LogP contribution in [0.2, 0.25) is 0 Å². The van der Waals surface area contributed by atoms with Crippen LogP contribution < -0.4 is 15.8 Å². The third-order valence-corrected chi connectivity index (χ3v) is 9.83. The Labute approximate surface area is 266 Å². The van der Waals surface area contributed by atoms with Crippen molar-refractivity contribution >= 4 is 31.8 Å². The molecule has 0 saturated carbocycles. The molecule has 0 unspecified atom stereocenters. The Balaban J connectivity index is 1.81. The topological polar surface area (TPSA) is 187 Å². The van der Waals surface area contributed by atoms with Crippen LogP contribution in [0.4, 0.5) is 10.5 Å². The Kier molecular flexibility index (Phi) is 13.6. The summed E-state index contributed by atoms with van der Waals surface area (Å²) in [5.41, 5.74) is 6.48. The van der Waals surface area contributed by atoms with Crippen molar-refractivity contribution in [1.82, 2.24) is 14.3 Å². The number of unbranched alkanes of at least 4 members (excludes halogenated alkanes) is 1. The number of carbonyl (C=O) groups is 1. The van der Waals surface area contributed by atoms with Crippen molar-refractivity contribution in [1.29, 1.82) is 0 Å². The van der Waals surface area contributed by atoms with Crippen LogP contribution in [0.25, 0.3) is 0 Å². The molecule has 1 aliphatic heterocycles. The van der Waals surface area contributed by atoms with Crippen LogP contribution >= 0.6 is 0 Å². The van der Waals surface area contributed by atoms with Crippen LogP contribution in [0.5, 0.6) is 0 Å². The molecule has 0 radical (unpaired) electrons. The highest BCUT2D eigenvalue weighted by atomic mass is 32.2. The minimum atomic E-state index is -4.11. The van der Waals surface area contributed by atoms with Crippen molar-refractivity contribution in [2.24, 2.45) is 5.41 Å². The number of aliphatic hydroxyl groups excluding tert-OH is 1. The van der Waals surface area contributed by atoms with Gasteiger partial charge in [-0.1, -0.05) is 50.6 Å². The molecular weight excluding hydrogens is 624 g/mol. The van der Waals surface area contributed by atoms with Gasteiger partial charge in [-0.2, -0.15) is 4.31 Å². The number of amides is 1. The van der Waals surface area contributed by atoms with Crippen LogP contribution in [0.1, 0.15) is 38.7 Å². The number of rotatable bonds is 17. The van der Waals surface area contributed by atoms with Gasteiger partial charge in [-0.25, -0.2) is 26.4 Å². The quantitative estimate of drug-likeness (QED) is 0.143. The average molecular weight is 671 g/mol. The number of nitrogens with two attached hydrogens (primary N) is 1. The Morgan fingerprint density at radius 3 is 2.33 bits per heavy atom. The molecule has 1 fully saturated rings. The van der Waals surface area contributed by atoms with Gasteiger partial charge in [-0.05, 0) is 54.5 Å². The van der Waals surface area contributed by atoms with Crippen LogP contribution in [-0.4, -0.2) is 96.5 Å². The van der Waals surface area contributed by atoms with Crippen LogP contribution in [-0.2, 0) is 40.7 Å². The van der Waals surface area contributed by atoms with Crippen molar-refractivity contribution in [3.05, 3.63) is 60.2 Å². The van der Waals surface area contributed by atoms with Gasteiger partial charge in [-0.15, -0.1) is 0 Å². The van der Waals surface area contributed by atoms with Gasteiger partial charge in [-0.3, -0.25) is 0 Å². The molecule has 2 aromatic rings. The van der Waals surface area contributed by atoms with E-state index in [-0.39, 0.29) is 51.0 Å². The summed E-state index contributed by atoms with van der Waals surface area (Å²) in [4.78, 5) is 12.9. The number of hydrogen-bond acceptors (Lipinski definition) is 10. The lowest BCUT2D eigenvalue weighted by Gasteiger charge is -2.35. The fraction of sp³-hybridized carbons (Fsp3) is 0.567. The summed E-state index contributed by atoms with van der Waals surface area (Å²) >= 11 is 0. The molecule has 1 amide bonds. The number of sulfonamides is 2. The molecule has 0 aromatic heterocycles. The Hall–Kier alpha value is -2.79. The highest BCUT2D eigenvalue weighted by Crippen LogP contribution is 2.29. The minimum absolute atomic E-state index is 0.0151. The molecule has 15 heteroatoms. The molecule has 0 aliphatic carbocycles. The van der Waals surface area contributed by atoms with Gasteiger partial charge in [0, 0.05) is 25.3 Å². The molecule has 1 saturated heterocycles. The first-order valence-electron chi connectivity index (χ1n) is 14.8. The highest BCUT2D eigenvalue weighted by Gasteiger charge is 2.35. The summed E-state index contributed by atoms with van der Waals surface area (Å²) in [6, 6.07) is 14.1. The van der Waals surface area contributed by atoms with E-state index >= 15 is 0 Å². The van der Waals surface area contributed by atoms with Gasteiger partial charge in [0.05, 0.1) is 36.5 Å². The highest BCUT2D eigenvalue weighted by molar-refractivity contribution is 7.89. The Bertz CT molecular complexity index is 1420. The molecular formula is C30H46N4O9S2. The molecule has 3 rings (SSSR count). The van der Waals surface area contributed by atoms with E-state index in [4.69, 9.17) is 19.9 Å². The summed E-state index contributed by atoms with van der Waals surface area (Å²) in [6.07, 6.45) is 0.385. The maximum atomic E-state index is 14.0. The second-order valence-corrected chi connectivity index (χ2v) is 15.8. The van der Waals surface area contributed by atoms with Crippen molar-refractivity contribution in [3.63, 3.8) is 0 Å². The SMILES string of the molecule is CC(C)(CCCCNS(C)(=O)=O)CN(C[C@@H](O)[C@H](Cc1ccccc1)NC(=O)OC1COCOC1)S(=O)(=O)c1ccc(N)cc1. The van der Waals surface area contributed by atoms with E-state index in [9.17, 15) is 26.7 Å². The fourth-order valence-electron chi connectivity index (χ4n) is 4.94. The number of aliphatic hydroxyl groups is 1. The minimum Gasteiger partial charge on any atom is -0.441 e. The van der Waals surface area contributed by atoms with Crippen LogP contribution in [0.15, 0.2) is 59.5 Å². The first kappa shape index (κ1) is 36.7. The van der Waals surface area contributed by atoms with E-state index in [0.717, 1.165) is 11.8 Å². The molecule has 2 atom stereocenters. The molecule has 0 spiro atoms. The number of nitrogens with zero attached hydrogens (tertiary/aromatic N) is 1. The van der Waals surface area contributed by atoms with Crippen molar-refractivity contribution in [3.8, 4) is 0 Å². The first-order chi connectivity index (χ1) is 21.1. The molecule has 1 aliphatic rings. The molecule has 13 nitrogen and oxygen atoms in total. The molecule has 252 valence electrons. The monoisotopic (exact) mass is 670 g/mol. The molecule has 45 heavy (non-hydrogen) atoms. The second kappa shape index (κ2) is 16.7. The van der Waals surface area contributed by atoms with Crippen molar-refractivity contribution < 1.29 is 40.9 Å². The van der Waals surface area contributed by atoms with E-state index in [1.54, 1.807) is 0 Å². The lowest BCUT2D eigenvalue weighted by molar-refractivity contribution is -0.151. The lowest BCUT2D eigenvalue weighted by Crippen LogP contribution is -2.52. The third kappa shape index (κ3) is 12.9. The maximum Gasteiger partial charge on any atom is 0.407 e. The summed E-state index contributed by atoms with van der Waals surface area (Å²) < 4.78 is 70.2. The second-order valence-electron chi connectivity index (χ2n) is 12.0. The number of anilines is 1. The van der Waals surface area contributed by atoms with E-state index in [2.05, 4.69) is 10.0 Å². The first-order valence-corrected chi connectivity index (χ1v) is 18.1. The predicted molar refractivity (Wildman–Crippen MR) is 170 cm³/mol. The normalized spacial score (nSPS) is 16.3. The maximum absolute atomic E-state index is 14.0.